The largest absolute Gasteiger partial charge is 0.443 e. The molecule has 6 heteroatoms. The van der Waals surface area contributed by atoms with Gasteiger partial charge < -0.3 is 9.47 Å². The summed E-state index contributed by atoms with van der Waals surface area (Å²) in [5, 5.41) is 0. The highest BCUT2D eigenvalue weighted by Gasteiger charge is 2.34. The molecule has 2 aliphatic heterocycles. The number of carbonyl (C=O) groups is 2. The minimum absolute atomic E-state index is 0.376. The van der Waals surface area contributed by atoms with Crippen LogP contribution in [0.4, 0.5) is 9.59 Å². The summed E-state index contributed by atoms with van der Waals surface area (Å²) < 4.78 is 11.1. The van der Waals surface area contributed by atoms with E-state index >= 15 is 0 Å². The van der Waals surface area contributed by atoms with Gasteiger partial charge in [-0.2, -0.15) is 0 Å². The van der Waals surface area contributed by atoms with Gasteiger partial charge >= 0.3 is 12.2 Å². The van der Waals surface area contributed by atoms with E-state index in [0.29, 0.717) is 13.1 Å². The maximum Gasteiger partial charge on any atom is 0.414 e. The van der Waals surface area contributed by atoms with E-state index in [1.807, 2.05) is 53.7 Å². The van der Waals surface area contributed by atoms with Crippen LogP contribution in [-0.4, -0.2) is 46.3 Å². The van der Waals surface area contributed by atoms with Crippen LogP contribution >= 0.6 is 0 Å². The molecule has 0 N–H and O–H groups in total. The first kappa shape index (κ1) is 20.3. The average molecular weight is 364 g/mol. The second-order valence-corrected chi connectivity index (χ2v) is 8.73. The lowest BCUT2D eigenvalue weighted by molar-refractivity contribution is 0.0236. The fourth-order valence-corrected chi connectivity index (χ4v) is 2.94. The van der Waals surface area contributed by atoms with Crippen LogP contribution in [0, 0.1) is 0 Å². The predicted molar refractivity (Wildman–Crippen MR) is 101 cm³/mol. The molecular formula is C20H32N2O4. The van der Waals surface area contributed by atoms with E-state index in [4.69, 9.17) is 9.47 Å². The maximum absolute atomic E-state index is 12.7. The topological polar surface area (TPSA) is 59.1 Å². The Bertz CT molecular complexity index is 554. The Balaban J connectivity index is 2.26. The van der Waals surface area contributed by atoms with Crippen molar-refractivity contribution in [3.8, 4) is 0 Å². The van der Waals surface area contributed by atoms with E-state index in [0.717, 1.165) is 37.1 Å². The smallest absolute Gasteiger partial charge is 0.414 e. The number of carbonyl (C=O) groups excluding carboxylic acids is 2. The summed E-state index contributed by atoms with van der Waals surface area (Å²) >= 11 is 0. The van der Waals surface area contributed by atoms with Crippen LogP contribution in [0.15, 0.2) is 23.5 Å². The molecule has 2 rings (SSSR count). The minimum atomic E-state index is -0.564. The Hall–Kier alpha value is -1.98. The van der Waals surface area contributed by atoms with Crippen LogP contribution in [0.1, 0.15) is 67.2 Å². The van der Waals surface area contributed by atoms with E-state index in [1.54, 1.807) is 9.80 Å². The van der Waals surface area contributed by atoms with E-state index in [2.05, 4.69) is 0 Å². The van der Waals surface area contributed by atoms with Crippen molar-refractivity contribution in [2.45, 2.75) is 78.4 Å². The lowest BCUT2D eigenvalue weighted by Crippen LogP contribution is -2.44. The number of hydrogen-bond donors (Lipinski definition) is 0. The Morgan fingerprint density at radius 1 is 0.769 bits per heavy atom. The standard InChI is InChI=1S/C20H32N2O4/c1-19(2,3)25-17(23)21-13-9-7-11-15(21)16-12-8-10-14-22(16)18(24)26-20(4,5)6/h11-12H,7-10,13-14H2,1-6H3. The fourth-order valence-electron chi connectivity index (χ4n) is 2.94. The van der Waals surface area contributed by atoms with Crippen molar-refractivity contribution < 1.29 is 19.1 Å². The van der Waals surface area contributed by atoms with Crippen LogP contribution in [0.25, 0.3) is 0 Å². The van der Waals surface area contributed by atoms with Gasteiger partial charge in [0, 0.05) is 13.1 Å². The second-order valence-electron chi connectivity index (χ2n) is 8.73. The Labute approximate surface area is 156 Å². The zero-order chi connectivity index (χ0) is 19.5. The summed E-state index contributed by atoms with van der Waals surface area (Å²) in [7, 11) is 0. The van der Waals surface area contributed by atoms with Crippen molar-refractivity contribution in [1.29, 1.82) is 0 Å². The minimum Gasteiger partial charge on any atom is -0.443 e. The third kappa shape index (κ3) is 5.51. The summed E-state index contributed by atoms with van der Waals surface area (Å²) in [6.07, 6.45) is 6.77. The molecule has 0 fully saturated rings. The van der Waals surface area contributed by atoms with E-state index in [-0.39, 0.29) is 12.2 Å². The third-order valence-electron chi connectivity index (χ3n) is 3.92. The van der Waals surface area contributed by atoms with Gasteiger partial charge in [0.25, 0.3) is 0 Å². The lowest BCUT2D eigenvalue weighted by atomic mass is 10.0. The Kier molecular flexibility index (Phi) is 6.04. The number of amides is 2. The van der Waals surface area contributed by atoms with Gasteiger partial charge in [-0.05, 0) is 67.2 Å². The summed E-state index contributed by atoms with van der Waals surface area (Å²) in [4.78, 5) is 28.6. The summed E-state index contributed by atoms with van der Waals surface area (Å²) in [5.41, 5.74) is 0.365. The average Bonchev–Trinajstić information content (AvgIpc) is 2.51. The first-order chi connectivity index (χ1) is 12.0. The molecule has 0 aromatic rings. The van der Waals surface area contributed by atoms with Gasteiger partial charge in [0.15, 0.2) is 0 Å². The van der Waals surface area contributed by atoms with Crippen molar-refractivity contribution in [2.24, 2.45) is 0 Å². The number of allylic oxidation sites excluding steroid dienone is 2. The van der Waals surface area contributed by atoms with Gasteiger partial charge in [0.05, 0.1) is 11.4 Å². The zero-order valence-electron chi connectivity index (χ0n) is 16.9. The lowest BCUT2D eigenvalue weighted by Gasteiger charge is -2.37. The van der Waals surface area contributed by atoms with Gasteiger partial charge in [0.1, 0.15) is 11.2 Å². The number of rotatable bonds is 1. The van der Waals surface area contributed by atoms with Crippen LogP contribution < -0.4 is 0 Å². The molecule has 0 aromatic heterocycles. The molecular weight excluding hydrogens is 332 g/mol. The number of ether oxygens (including phenoxy) is 2. The van der Waals surface area contributed by atoms with Gasteiger partial charge in [-0.3, -0.25) is 9.80 Å². The van der Waals surface area contributed by atoms with Gasteiger partial charge in [-0.1, -0.05) is 12.2 Å². The second kappa shape index (κ2) is 7.72. The summed E-state index contributed by atoms with van der Waals surface area (Å²) in [5.74, 6) is 0. The molecule has 146 valence electrons. The van der Waals surface area contributed by atoms with Crippen LogP contribution in [-0.2, 0) is 9.47 Å². The first-order valence-corrected chi connectivity index (χ1v) is 9.40. The molecule has 2 amide bonds. The molecule has 2 heterocycles. The molecule has 6 nitrogen and oxygen atoms in total. The molecule has 2 aliphatic rings. The molecule has 0 atom stereocenters. The molecule has 0 aliphatic carbocycles. The van der Waals surface area contributed by atoms with Crippen LogP contribution in [0.5, 0.6) is 0 Å². The van der Waals surface area contributed by atoms with Gasteiger partial charge in [-0.15, -0.1) is 0 Å². The quantitative estimate of drug-likeness (QED) is 0.669. The van der Waals surface area contributed by atoms with Crippen LogP contribution in [0.2, 0.25) is 0 Å². The summed E-state index contributed by atoms with van der Waals surface area (Å²) in [6.45, 7) is 12.3. The monoisotopic (exact) mass is 364 g/mol. The van der Waals surface area contributed by atoms with Crippen molar-refractivity contribution in [3.05, 3.63) is 23.5 Å². The van der Waals surface area contributed by atoms with Crippen LogP contribution in [0.3, 0.4) is 0 Å². The van der Waals surface area contributed by atoms with E-state index in [9.17, 15) is 9.59 Å². The van der Waals surface area contributed by atoms with Gasteiger partial charge in [0.2, 0.25) is 0 Å². The SMILES string of the molecule is CC(C)(C)OC(=O)N1CCCC=C1C1=CCCCN1C(=O)OC(C)(C)C. The highest BCUT2D eigenvalue weighted by atomic mass is 16.6. The predicted octanol–water partition coefficient (Wildman–Crippen LogP) is 4.82. The zero-order valence-corrected chi connectivity index (χ0v) is 16.9. The first-order valence-electron chi connectivity index (χ1n) is 9.40. The van der Waals surface area contributed by atoms with E-state index < -0.39 is 11.2 Å². The molecule has 26 heavy (non-hydrogen) atoms. The van der Waals surface area contributed by atoms with Crippen molar-refractivity contribution in [2.75, 3.05) is 13.1 Å². The Morgan fingerprint density at radius 3 is 1.42 bits per heavy atom. The highest BCUT2D eigenvalue weighted by molar-refractivity contribution is 5.75. The molecule has 0 spiro atoms. The van der Waals surface area contributed by atoms with Crippen molar-refractivity contribution in [3.63, 3.8) is 0 Å². The van der Waals surface area contributed by atoms with E-state index in [1.165, 1.54) is 0 Å². The van der Waals surface area contributed by atoms with Crippen molar-refractivity contribution in [1.82, 2.24) is 9.80 Å². The molecule has 0 saturated carbocycles. The molecule has 0 unspecified atom stereocenters. The third-order valence-corrected chi connectivity index (χ3v) is 3.92. The normalized spacial score (nSPS) is 18.8. The Morgan fingerprint density at radius 2 is 1.12 bits per heavy atom. The molecule has 0 bridgehead atoms. The highest BCUT2D eigenvalue weighted by Crippen LogP contribution is 2.30. The van der Waals surface area contributed by atoms with Gasteiger partial charge in [-0.25, -0.2) is 9.59 Å². The molecule has 0 aromatic carbocycles. The van der Waals surface area contributed by atoms with Crippen molar-refractivity contribution >= 4 is 12.2 Å². The summed E-state index contributed by atoms with van der Waals surface area (Å²) in [6, 6.07) is 0. The maximum atomic E-state index is 12.7. The molecule has 0 radical (unpaired) electrons. The number of nitrogens with zero attached hydrogens (tertiary/aromatic N) is 2. The fraction of sp³-hybridized carbons (Fsp3) is 0.700. The molecule has 0 saturated heterocycles. The number of hydrogen-bond acceptors (Lipinski definition) is 4.